The van der Waals surface area contributed by atoms with E-state index in [1.54, 1.807) is 0 Å². The molecule has 0 aromatic rings. The molecule has 54 heavy (non-hydrogen) atoms. The number of amides is 1. The quantitative estimate of drug-likeness (QED) is 0.0339. The number of rotatable bonds is 39. The second-order valence-corrected chi connectivity index (χ2v) is 16.6. The lowest BCUT2D eigenvalue weighted by Gasteiger charge is -2.40. The molecule has 0 aromatic heterocycles. The van der Waals surface area contributed by atoms with Crippen LogP contribution in [0.25, 0.3) is 0 Å². The molecule has 322 valence electrons. The Morgan fingerprint density at radius 1 is 0.556 bits per heavy atom. The number of carbonyl (C=O) groups excluding carboxylic acids is 1. The van der Waals surface area contributed by atoms with Crippen molar-refractivity contribution in [3.63, 3.8) is 0 Å². The van der Waals surface area contributed by atoms with Gasteiger partial charge >= 0.3 is 0 Å². The summed E-state index contributed by atoms with van der Waals surface area (Å²) in [5.41, 5.74) is 0. The molecule has 0 radical (unpaired) electrons. The van der Waals surface area contributed by atoms with E-state index in [2.05, 4.69) is 19.2 Å². The minimum atomic E-state index is -1.55. The lowest BCUT2D eigenvalue weighted by Crippen LogP contribution is -2.60. The van der Waals surface area contributed by atoms with Gasteiger partial charge in [0.2, 0.25) is 5.91 Å². The summed E-state index contributed by atoms with van der Waals surface area (Å²) >= 11 is 0. The molecule has 1 fully saturated rings. The SMILES string of the molecule is CCCCCCCCCCCCCCCCCCCCCCC(=O)N[C@@H](CO[C@@H]1O[C@H](CO)[C@H](O)C(O)C1O)[C@H](O)CCCCCCCCCCCCC. The van der Waals surface area contributed by atoms with Crippen LogP contribution < -0.4 is 5.32 Å². The highest BCUT2D eigenvalue weighted by atomic mass is 16.7. The van der Waals surface area contributed by atoms with Crippen molar-refractivity contribution in [1.29, 1.82) is 0 Å². The fourth-order valence-corrected chi connectivity index (χ4v) is 7.69. The van der Waals surface area contributed by atoms with Crippen molar-refractivity contribution in [1.82, 2.24) is 5.32 Å². The first-order chi connectivity index (χ1) is 26.3. The molecule has 0 saturated carbocycles. The highest BCUT2D eigenvalue weighted by Gasteiger charge is 2.44. The van der Waals surface area contributed by atoms with E-state index >= 15 is 0 Å². The minimum Gasteiger partial charge on any atom is -0.394 e. The number of hydrogen-bond acceptors (Lipinski definition) is 8. The van der Waals surface area contributed by atoms with Gasteiger partial charge in [-0.2, -0.15) is 0 Å². The van der Waals surface area contributed by atoms with Crippen LogP contribution >= 0.6 is 0 Å². The van der Waals surface area contributed by atoms with Gasteiger partial charge in [0, 0.05) is 6.42 Å². The summed E-state index contributed by atoms with van der Waals surface area (Å²) in [6, 6.07) is -0.710. The van der Waals surface area contributed by atoms with Crippen LogP contribution in [0.1, 0.15) is 226 Å². The molecule has 1 aliphatic rings. The van der Waals surface area contributed by atoms with Gasteiger partial charge in [-0.15, -0.1) is 0 Å². The van der Waals surface area contributed by atoms with E-state index in [0.29, 0.717) is 12.8 Å². The van der Waals surface area contributed by atoms with Gasteiger partial charge in [0.05, 0.1) is 25.4 Å². The molecular weight excluding hydrogens is 682 g/mol. The van der Waals surface area contributed by atoms with Crippen LogP contribution in [-0.4, -0.2) is 87.5 Å². The molecule has 0 aliphatic carbocycles. The first-order valence-electron chi connectivity index (χ1n) is 23.2. The number of nitrogens with one attached hydrogen (secondary N) is 1. The van der Waals surface area contributed by atoms with Gasteiger partial charge in [-0.25, -0.2) is 0 Å². The van der Waals surface area contributed by atoms with E-state index in [1.165, 1.54) is 161 Å². The van der Waals surface area contributed by atoms with Crippen LogP contribution in [0.3, 0.4) is 0 Å². The van der Waals surface area contributed by atoms with Crippen molar-refractivity contribution in [3.05, 3.63) is 0 Å². The van der Waals surface area contributed by atoms with Gasteiger partial charge in [0.15, 0.2) is 6.29 Å². The molecule has 9 nitrogen and oxygen atoms in total. The van der Waals surface area contributed by atoms with Crippen LogP contribution in [0.4, 0.5) is 0 Å². The Kier molecular flexibility index (Phi) is 34.6. The van der Waals surface area contributed by atoms with Crippen LogP contribution in [0.2, 0.25) is 0 Å². The molecule has 0 bridgehead atoms. The zero-order valence-corrected chi connectivity index (χ0v) is 35.3. The summed E-state index contributed by atoms with van der Waals surface area (Å²) in [5.74, 6) is -0.141. The number of ether oxygens (including phenoxy) is 2. The first kappa shape index (κ1) is 51.2. The third-order valence-corrected chi connectivity index (χ3v) is 11.5. The monoisotopic (exact) mass is 772 g/mol. The molecule has 2 unspecified atom stereocenters. The van der Waals surface area contributed by atoms with E-state index in [9.17, 15) is 30.3 Å². The molecule has 1 aliphatic heterocycles. The van der Waals surface area contributed by atoms with Gasteiger partial charge < -0.3 is 40.3 Å². The Labute approximate surface area is 332 Å². The number of unbranched alkanes of at least 4 members (excludes halogenated alkanes) is 29. The number of aliphatic hydroxyl groups is 5. The molecule has 1 heterocycles. The molecule has 0 spiro atoms. The highest BCUT2D eigenvalue weighted by molar-refractivity contribution is 5.76. The normalized spacial score (nSPS) is 21.4. The third-order valence-electron chi connectivity index (χ3n) is 11.5. The second kappa shape index (κ2) is 36.5. The van der Waals surface area contributed by atoms with E-state index in [4.69, 9.17) is 9.47 Å². The predicted octanol–water partition coefficient (Wildman–Crippen LogP) is 9.56. The fraction of sp³-hybridized carbons (Fsp3) is 0.978. The van der Waals surface area contributed by atoms with Crippen molar-refractivity contribution in [3.8, 4) is 0 Å². The Morgan fingerprint density at radius 2 is 0.926 bits per heavy atom. The number of carbonyl (C=O) groups is 1. The molecule has 0 aromatic carbocycles. The molecular formula is C45H89NO8. The number of hydrogen-bond donors (Lipinski definition) is 6. The average molecular weight is 772 g/mol. The van der Waals surface area contributed by atoms with Crippen LogP contribution in [-0.2, 0) is 14.3 Å². The largest absolute Gasteiger partial charge is 0.394 e. The summed E-state index contributed by atoms with van der Waals surface area (Å²) < 4.78 is 11.2. The van der Waals surface area contributed by atoms with Crippen molar-refractivity contribution < 1.29 is 39.8 Å². The van der Waals surface area contributed by atoms with E-state index < -0.39 is 49.5 Å². The standard InChI is InChI=1S/C45H89NO8/c1-3-5-7-9-11-13-15-16-17-18-19-20-21-22-23-25-27-29-31-33-35-41(49)46-38(37-53-45-44(52)43(51)42(50)40(36-47)54-45)39(48)34-32-30-28-26-24-14-12-10-8-6-4-2/h38-40,42-45,47-48,50-52H,3-37H2,1-2H3,(H,46,49)/t38-,39+,40+,42-,43?,44?,45+/m0/s1. The zero-order chi connectivity index (χ0) is 39.5. The number of aliphatic hydroxyl groups excluding tert-OH is 5. The molecule has 7 atom stereocenters. The summed E-state index contributed by atoms with van der Waals surface area (Å²) in [6.45, 7) is 3.84. The fourth-order valence-electron chi connectivity index (χ4n) is 7.69. The first-order valence-corrected chi connectivity index (χ1v) is 23.2. The lowest BCUT2D eigenvalue weighted by atomic mass is 9.99. The molecule has 9 heteroatoms. The zero-order valence-electron chi connectivity index (χ0n) is 35.3. The maximum absolute atomic E-state index is 13.0. The van der Waals surface area contributed by atoms with Crippen molar-refractivity contribution in [2.45, 2.75) is 269 Å². The Hall–Kier alpha value is -0.810. The Morgan fingerprint density at radius 3 is 1.31 bits per heavy atom. The summed E-state index contributed by atoms with van der Waals surface area (Å²) in [6.07, 6.45) is 32.6. The van der Waals surface area contributed by atoms with E-state index in [-0.39, 0.29) is 12.5 Å². The van der Waals surface area contributed by atoms with Crippen molar-refractivity contribution in [2.75, 3.05) is 13.2 Å². The van der Waals surface area contributed by atoms with Gasteiger partial charge in [-0.05, 0) is 12.8 Å². The van der Waals surface area contributed by atoms with Crippen LogP contribution in [0, 0.1) is 0 Å². The summed E-state index contributed by atoms with van der Waals surface area (Å²) in [5, 5.41) is 54.3. The van der Waals surface area contributed by atoms with Crippen LogP contribution in [0.15, 0.2) is 0 Å². The van der Waals surface area contributed by atoms with E-state index in [1.807, 2.05) is 0 Å². The second-order valence-electron chi connectivity index (χ2n) is 16.6. The van der Waals surface area contributed by atoms with Gasteiger partial charge in [-0.3, -0.25) is 4.79 Å². The lowest BCUT2D eigenvalue weighted by molar-refractivity contribution is -0.302. The summed E-state index contributed by atoms with van der Waals surface area (Å²) in [4.78, 5) is 13.0. The Bertz CT molecular complexity index is 817. The van der Waals surface area contributed by atoms with Gasteiger partial charge in [0.25, 0.3) is 0 Å². The Balaban J connectivity index is 2.26. The predicted molar refractivity (Wildman–Crippen MR) is 221 cm³/mol. The topological polar surface area (TPSA) is 149 Å². The summed E-state index contributed by atoms with van der Waals surface area (Å²) in [7, 11) is 0. The highest BCUT2D eigenvalue weighted by Crippen LogP contribution is 2.23. The van der Waals surface area contributed by atoms with Crippen molar-refractivity contribution in [2.24, 2.45) is 0 Å². The molecule has 1 rings (SSSR count). The molecule has 1 amide bonds. The van der Waals surface area contributed by atoms with Gasteiger partial charge in [-0.1, -0.05) is 206 Å². The van der Waals surface area contributed by atoms with Gasteiger partial charge in [0.1, 0.15) is 24.4 Å². The van der Waals surface area contributed by atoms with Crippen molar-refractivity contribution >= 4 is 5.91 Å². The average Bonchev–Trinajstić information content (AvgIpc) is 3.17. The molecule has 6 N–H and O–H groups in total. The maximum Gasteiger partial charge on any atom is 0.220 e. The van der Waals surface area contributed by atoms with Crippen LogP contribution in [0.5, 0.6) is 0 Å². The smallest absolute Gasteiger partial charge is 0.220 e. The third kappa shape index (κ3) is 26.9. The molecule has 1 saturated heterocycles. The van der Waals surface area contributed by atoms with E-state index in [0.717, 1.165) is 38.5 Å². The maximum atomic E-state index is 13.0. The minimum absolute atomic E-state index is 0.132.